The first kappa shape index (κ1) is 12.8. The second kappa shape index (κ2) is 6.36. The SMILES string of the molecule is CCCCOc1c(CC)n(CC)ccc1=O. The largest absolute Gasteiger partial charge is 0.488 e. The molecule has 0 aliphatic carbocycles. The molecule has 0 amide bonds. The van der Waals surface area contributed by atoms with Crippen LogP contribution >= 0.6 is 0 Å². The third-order valence-electron chi connectivity index (χ3n) is 2.66. The molecule has 0 bridgehead atoms. The van der Waals surface area contributed by atoms with Crippen molar-refractivity contribution in [3.63, 3.8) is 0 Å². The van der Waals surface area contributed by atoms with Crippen molar-refractivity contribution in [2.45, 2.75) is 46.6 Å². The van der Waals surface area contributed by atoms with Crippen LogP contribution < -0.4 is 10.2 Å². The van der Waals surface area contributed by atoms with Gasteiger partial charge < -0.3 is 9.30 Å². The number of aryl methyl sites for hydroxylation is 1. The highest BCUT2D eigenvalue weighted by atomic mass is 16.5. The van der Waals surface area contributed by atoms with Gasteiger partial charge in [0.2, 0.25) is 5.43 Å². The maximum absolute atomic E-state index is 11.7. The summed E-state index contributed by atoms with van der Waals surface area (Å²) in [6, 6.07) is 1.59. The Morgan fingerprint density at radius 2 is 2.06 bits per heavy atom. The normalized spacial score (nSPS) is 10.4. The summed E-state index contributed by atoms with van der Waals surface area (Å²) in [5.74, 6) is 0.542. The Bertz CT molecular complexity index is 382. The van der Waals surface area contributed by atoms with E-state index >= 15 is 0 Å². The Hall–Kier alpha value is -1.25. The molecule has 3 nitrogen and oxygen atoms in total. The van der Waals surface area contributed by atoms with Gasteiger partial charge in [0.15, 0.2) is 5.75 Å². The maximum Gasteiger partial charge on any atom is 0.223 e. The van der Waals surface area contributed by atoms with Gasteiger partial charge in [0, 0.05) is 18.8 Å². The van der Waals surface area contributed by atoms with Gasteiger partial charge in [0.05, 0.1) is 12.3 Å². The molecule has 0 atom stereocenters. The van der Waals surface area contributed by atoms with Gasteiger partial charge in [-0.25, -0.2) is 0 Å². The number of nitrogens with zero attached hydrogens (tertiary/aromatic N) is 1. The van der Waals surface area contributed by atoms with E-state index in [2.05, 4.69) is 18.4 Å². The molecule has 0 aromatic carbocycles. The van der Waals surface area contributed by atoms with Crippen molar-refractivity contribution in [2.75, 3.05) is 6.61 Å². The lowest BCUT2D eigenvalue weighted by Crippen LogP contribution is -2.16. The topological polar surface area (TPSA) is 31.2 Å². The van der Waals surface area contributed by atoms with Crippen molar-refractivity contribution in [3.8, 4) is 5.75 Å². The first-order chi connectivity index (χ1) is 7.74. The summed E-state index contributed by atoms with van der Waals surface area (Å²) >= 11 is 0. The second-order valence-electron chi connectivity index (χ2n) is 3.80. The summed E-state index contributed by atoms with van der Waals surface area (Å²) in [5, 5.41) is 0. The number of pyridine rings is 1. The molecule has 90 valence electrons. The number of unbranched alkanes of at least 4 members (excludes halogenated alkanes) is 1. The van der Waals surface area contributed by atoms with Crippen LogP contribution in [0.2, 0.25) is 0 Å². The van der Waals surface area contributed by atoms with Crippen molar-refractivity contribution in [1.29, 1.82) is 0 Å². The van der Waals surface area contributed by atoms with Gasteiger partial charge in [-0.15, -0.1) is 0 Å². The highest BCUT2D eigenvalue weighted by Gasteiger charge is 2.09. The Morgan fingerprint density at radius 1 is 1.31 bits per heavy atom. The lowest BCUT2D eigenvalue weighted by atomic mass is 10.2. The van der Waals surface area contributed by atoms with Crippen LogP contribution in [0.25, 0.3) is 0 Å². The van der Waals surface area contributed by atoms with Crippen molar-refractivity contribution in [3.05, 3.63) is 28.2 Å². The minimum Gasteiger partial charge on any atom is -0.488 e. The van der Waals surface area contributed by atoms with E-state index in [-0.39, 0.29) is 5.43 Å². The van der Waals surface area contributed by atoms with E-state index in [0.717, 1.165) is 31.5 Å². The van der Waals surface area contributed by atoms with Gasteiger partial charge in [-0.1, -0.05) is 20.3 Å². The third-order valence-corrected chi connectivity index (χ3v) is 2.66. The molecule has 0 unspecified atom stereocenters. The Labute approximate surface area is 97.1 Å². The van der Waals surface area contributed by atoms with Crippen molar-refractivity contribution >= 4 is 0 Å². The van der Waals surface area contributed by atoms with E-state index in [1.54, 1.807) is 6.07 Å². The summed E-state index contributed by atoms with van der Waals surface area (Å²) in [6.45, 7) is 7.73. The van der Waals surface area contributed by atoms with Crippen LogP contribution in [-0.2, 0) is 13.0 Å². The number of aromatic nitrogens is 1. The molecule has 0 aliphatic heterocycles. The number of ether oxygens (including phenoxy) is 1. The van der Waals surface area contributed by atoms with Gasteiger partial charge in [-0.3, -0.25) is 4.79 Å². The molecule has 0 fully saturated rings. The molecule has 1 heterocycles. The van der Waals surface area contributed by atoms with Crippen molar-refractivity contribution in [1.82, 2.24) is 4.57 Å². The van der Waals surface area contributed by atoms with E-state index in [4.69, 9.17) is 4.74 Å². The second-order valence-corrected chi connectivity index (χ2v) is 3.80. The molecule has 1 aromatic heterocycles. The maximum atomic E-state index is 11.7. The van der Waals surface area contributed by atoms with E-state index in [1.807, 2.05) is 13.1 Å². The van der Waals surface area contributed by atoms with E-state index in [1.165, 1.54) is 0 Å². The van der Waals surface area contributed by atoms with E-state index in [0.29, 0.717) is 12.4 Å². The van der Waals surface area contributed by atoms with Gasteiger partial charge in [0.25, 0.3) is 0 Å². The summed E-state index contributed by atoms with van der Waals surface area (Å²) in [4.78, 5) is 11.7. The van der Waals surface area contributed by atoms with Crippen LogP contribution in [0.1, 0.15) is 39.3 Å². The fraction of sp³-hybridized carbons (Fsp3) is 0.615. The first-order valence-corrected chi connectivity index (χ1v) is 6.09. The van der Waals surface area contributed by atoms with Gasteiger partial charge in [0.1, 0.15) is 0 Å². The zero-order chi connectivity index (χ0) is 12.0. The first-order valence-electron chi connectivity index (χ1n) is 6.09. The lowest BCUT2D eigenvalue weighted by Gasteiger charge is -2.14. The molecule has 0 aliphatic rings. The molecule has 0 spiro atoms. The standard InChI is InChI=1S/C13H21NO2/c1-4-7-10-16-13-11(5-2)14(6-3)9-8-12(13)15/h8-9H,4-7,10H2,1-3H3. The third kappa shape index (κ3) is 2.87. The van der Waals surface area contributed by atoms with E-state index in [9.17, 15) is 4.79 Å². The molecule has 16 heavy (non-hydrogen) atoms. The van der Waals surface area contributed by atoms with Crippen LogP contribution in [0, 0.1) is 0 Å². The molecule has 0 N–H and O–H groups in total. The average Bonchev–Trinajstić information content (AvgIpc) is 2.31. The molecular weight excluding hydrogens is 202 g/mol. The average molecular weight is 223 g/mol. The highest BCUT2D eigenvalue weighted by Crippen LogP contribution is 2.14. The number of rotatable bonds is 6. The molecule has 0 saturated carbocycles. The molecule has 0 saturated heterocycles. The van der Waals surface area contributed by atoms with Crippen molar-refractivity contribution < 1.29 is 4.74 Å². The smallest absolute Gasteiger partial charge is 0.223 e. The fourth-order valence-electron chi connectivity index (χ4n) is 1.73. The van der Waals surface area contributed by atoms with Gasteiger partial charge in [-0.2, -0.15) is 0 Å². The molecule has 3 heteroatoms. The number of hydrogen-bond acceptors (Lipinski definition) is 2. The zero-order valence-electron chi connectivity index (χ0n) is 10.5. The summed E-state index contributed by atoms with van der Waals surface area (Å²) in [7, 11) is 0. The molecule has 1 rings (SSSR count). The predicted molar refractivity (Wildman–Crippen MR) is 66.2 cm³/mol. The summed E-state index contributed by atoms with van der Waals surface area (Å²) in [6.07, 6.45) is 4.74. The minimum atomic E-state index is -0.00217. The summed E-state index contributed by atoms with van der Waals surface area (Å²) < 4.78 is 7.68. The Morgan fingerprint density at radius 3 is 2.62 bits per heavy atom. The van der Waals surface area contributed by atoms with Crippen LogP contribution in [0.3, 0.4) is 0 Å². The quantitative estimate of drug-likeness (QED) is 0.694. The molecule has 0 radical (unpaired) electrons. The fourth-order valence-corrected chi connectivity index (χ4v) is 1.73. The summed E-state index contributed by atoms with van der Waals surface area (Å²) in [5.41, 5.74) is 1.00. The Kier molecular flexibility index (Phi) is 5.09. The predicted octanol–water partition coefficient (Wildman–Crippen LogP) is 2.61. The van der Waals surface area contributed by atoms with Crippen LogP contribution in [0.4, 0.5) is 0 Å². The monoisotopic (exact) mass is 223 g/mol. The Balaban J connectivity index is 2.99. The van der Waals surface area contributed by atoms with Crippen LogP contribution in [0.5, 0.6) is 5.75 Å². The minimum absolute atomic E-state index is 0.00217. The molecule has 1 aromatic rings. The van der Waals surface area contributed by atoms with Crippen LogP contribution in [0.15, 0.2) is 17.1 Å². The van der Waals surface area contributed by atoms with Gasteiger partial charge in [-0.05, 0) is 19.8 Å². The highest BCUT2D eigenvalue weighted by molar-refractivity contribution is 5.28. The zero-order valence-corrected chi connectivity index (χ0v) is 10.5. The van der Waals surface area contributed by atoms with Gasteiger partial charge >= 0.3 is 0 Å². The number of hydrogen-bond donors (Lipinski definition) is 0. The van der Waals surface area contributed by atoms with E-state index < -0.39 is 0 Å². The molecular formula is C13H21NO2. The van der Waals surface area contributed by atoms with Crippen molar-refractivity contribution in [2.24, 2.45) is 0 Å². The lowest BCUT2D eigenvalue weighted by molar-refractivity contribution is 0.299. The van der Waals surface area contributed by atoms with Crippen LogP contribution in [-0.4, -0.2) is 11.2 Å².